The molecule has 0 radical (unpaired) electrons. The zero-order valence-corrected chi connectivity index (χ0v) is 9.68. The van der Waals surface area contributed by atoms with E-state index in [9.17, 15) is 5.11 Å². The fraction of sp³-hybridized carbons (Fsp3) is 0.900. The number of piperidine rings is 1. The van der Waals surface area contributed by atoms with E-state index in [1.807, 2.05) is 6.26 Å². The van der Waals surface area contributed by atoms with Crippen molar-refractivity contribution in [1.29, 1.82) is 5.26 Å². The summed E-state index contributed by atoms with van der Waals surface area (Å²) in [5, 5.41) is 18.3. The lowest BCUT2D eigenvalue weighted by Gasteiger charge is -2.36. The molecule has 4 heteroatoms. The number of thioether (sulfide) groups is 1. The molecular weight excluding hydrogens is 196 g/mol. The summed E-state index contributed by atoms with van der Waals surface area (Å²) in [6.45, 7) is 4.40. The molecule has 0 bridgehead atoms. The quantitative estimate of drug-likeness (QED) is 0.764. The molecule has 0 aromatic heterocycles. The van der Waals surface area contributed by atoms with Crippen LogP contribution >= 0.6 is 11.8 Å². The smallest absolute Gasteiger partial charge is 0.104 e. The Kier molecular flexibility index (Phi) is 4.24. The predicted molar refractivity (Wildman–Crippen MR) is 59.2 cm³/mol. The van der Waals surface area contributed by atoms with Gasteiger partial charge in [0.1, 0.15) is 4.75 Å². The van der Waals surface area contributed by atoms with Gasteiger partial charge in [-0.2, -0.15) is 5.26 Å². The third kappa shape index (κ3) is 2.88. The van der Waals surface area contributed by atoms with Crippen molar-refractivity contribution in [2.45, 2.75) is 30.6 Å². The third-order valence-corrected chi connectivity index (χ3v) is 4.06. The van der Waals surface area contributed by atoms with Crippen LogP contribution in [0.3, 0.4) is 0 Å². The van der Waals surface area contributed by atoms with Crippen LogP contribution in [0.1, 0.15) is 19.8 Å². The number of hydrogen-bond acceptors (Lipinski definition) is 4. The molecule has 1 aliphatic rings. The molecule has 3 nitrogen and oxygen atoms in total. The summed E-state index contributed by atoms with van der Waals surface area (Å²) in [6, 6.07) is 2.41. The monoisotopic (exact) mass is 214 g/mol. The third-order valence-electron chi connectivity index (χ3n) is 2.78. The van der Waals surface area contributed by atoms with Crippen molar-refractivity contribution in [3.63, 3.8) is 0 Å². The maximum Gasteiger partial charge on any atom is 0.104 e. The first-order valence-corrected chi connectivity index (χ1v) is 6.21. The van der Waals surface area contributed by atoms with E-state index >= 15 is 0 Å². The van der Waals surface area contributed by atoms with E-state index in [2.05, 4.69) is 11.0 Å². The van der Waals surface area contributed by atoms with Gasteiger partial charge in [-0.1, -0.05) is 0 Å². The molecule has 0 spiro atoms. The van der Waals surface area contributed by atoms with Crippen LogP contribution in [-0.2, 0) is 0 Å². The van der Waals surface area contributed by atoms with Crippen LogP contribution in [0.2, 0.25) is 0 Å². The summed E-state index contributed by atoms with van der Waals surface area (Å²) in [7, 11) is 0. The van der Waals surface area contributed by atoms with Crippen LogP contribution in [0.4, 0.5) is 0 Å². The van der Waals surface area contributed by atoms with Crippen molar-refractivity contribution >= 4 is 11.8 Å². The van der Waals surface area contributed by atoms with Gasteiger partial charge in [0.05, 0.1) is 12.2 Å². The number of rotatable bonds is 3. The van der Waals surface area contributed by atoms with E-state index in [1.54, 1.807) is 18.7 Å². The summed E-state index contributed by atoms with van der Waals surface area (Å²) in [6.07, 6.45) is 3.57. The molecule has 0 amide bonds. The molecular formula is C10H18N2OS. The molecule has 0 aliphatic carbocycles. The van der Waals surface area contributed by atoms with Crippen molar-refractivity contribution in [1.82, 2.24) is 4.90 Å². The van der Waals surface area contributed by atoms with Crippen molar-refractivity contribution in [3.05, 3.63) is 0 Å². The normalized spacial score (nSPS) is 24.1. The van der Waals surface area contributed by atoms with Gasteiger partial charge < -0.3 is 10.0 Å². The second-order valence-electron chi connectivity index (χ2n) is 3.96. The molecule has 0 saturated carbocycles. The second kappa shape index (κ2) is 5.01. The lowest BCUT2D eigenvalue weighted by Crippen LogP contribution is -2.43. The predicted octanol–water partition coefficient (Wildman–Crippen LogP) is 1.09. The molecule has 80 valence electrons. The molecule has 1 heterocycles. The molecule has 1 N–H and O–H groups in total. The number of nitriles is 1. The Hall–Kier alpha value is -0.240. The first-order valence-electron chi connectivity index (χ1n) is 4.99. The van der Waals surface area contributed by atoms with Crippen LogP contribution in [0.15, 0.2) is 0 Å². The van der Waals surface area contributed by atoms with E-state index in [-0.39, 0.29) is 10.9 Å². The highest BCUT2D eigenvalue weighted by Gasteiger charge is 2.33. The van der Waals surface area contributed by atoms with E-state index in [1.165, 1.54) is 0 Å². The Bertz CT molecular complexity index is 217. The summed E-state index contributed by atoms with van der Waals surface area (Å²) >= 11 is 1.66. The number of hydrogen-bond donors (Lipinski definition) is 1. The largest absolute Gasteiger partial charge is 0.392 e. The lowest BCUT2D eigenvalue weighted by atomic mass is 9.97. The maximum absolute atomic E-state index is 9.24. The molecule has 1 atom stereocenters. The Morgan fingerprint density at radius 1 is 1.57 bits per heavy atom. The van der Waals surface area contributed by atoms with Gasteiger partial charge in [0, 0.05) is 19.6 Å². The van der Waals surface area contributed by atoms with E-state index < -0.39 is 0 Å². The minimum absolute atomic E-state index is 0.171. The second-order valence-corrected chi connectivity index (χ2v) is 5.15. The fourth-order valence-electron chi connectivity index (χ4n) is 1.83. The van der Waals surface area contributed by atoms with Gasteiger partial charge in [0.2, 0.25) is 0 Å². The van der Waals surface area contributed by atoms with Crippen molar-refractivity contribution < 1.29 is 5.11 Å². The average Bonchev–Trinajstić information content (AvgIpc) is 2.19. The average molecular weight is 214 g/mol. The molecule has 1 unspecified atom stereocenters. The summed E-state index contributed by atoms with van der Waals surface area (Å²) in [5.74, 6) is 0. The van der Waals surface area contributed by atoms with Crippen LogP contribution < -0.4 is 0 Å². The summed E-state index contributed by atoms with van der Waals surface area (Å²) in [4.78, 5) is 2.23. The highest BCUT2D eigenvalue weighted by Crippen LogP contribution is 2.33. The standard InChI is InChI=1S/C10H18N2OS/c1-9(13)7-12-5-3-10(8-11,14-2)4-6-12/h9,13H,3-7H2,1-2H3. The first kappa shape index (κ1) is 11.8. The van der Waals surface area contributed by atoms with Gasteiger partial charge in [-0.05, 0) is 26.0 Å². The molecule has 1 aliphatic heterocycles. The minimum atomic E-state index is -0.265. The van der Waals surface area contributed by atoms with Crippen molar-refractivity contribution in [2.24, 2.45) is 0 Å². The van der Waals surface area contributed by atoms with Crippen molar-refractivity contribution in [2.75, 3.05) is 25.9 Å². The Labute approximate surface area is 90.1 Å². The molecule has 1 fully saturated rings. The highest BCUT2D eigenvalue weighted by molar-refractivity contribution is 8.00. The number of nitrogens with zero attached hydrogens (tertiary/aromatic N) is 2. The van der Waals surface area contributed by atoms with Gasteiger partial charge in [-0.3, -0.25) is 0 Å². The van der Waals surface area contributed by atoms with E-state index in [0.717, 1.165) is 32.5 Å². The lowest BCUT2D eigenvalue weighted by molar-refractivity contribution is 0.110. The number of β-amino-alcohol motifs (C(OH)–C–C–N with tert-alkyl or cyclic N) is 1. The van der Waals surface area contributed by atoms with Crippen LogP contribution in [0, 0.1) is 11.3 Å². The fourth-order valence-corrected chi connectivity index (χ4v) is 2.51. The molecule has 0 aromatic rings. The first-order chi connectivity index (χ1) is 6.62. The molecule has 1 saturated heterocycles. The van der Waals surface area contributed by atoms with Gasteiger partial charge in [-0.25, -0.2) is 0 Å². The van der Waals surface area contributed by atoms with Crippen LogP contribution in [0.5, 0.6) is 0 Å². The summed E-state index contributed by atoms with van der Waals surface area (Å²) < 4.78 is -0.171. The zero-order valence-electron chi connectivity index (χ0n) is 8.86. The van der Waals surface area contributed by atoms with Crippen LogP contribution in [-0.4, -0.2) is 46.7 Å². The Morgan fingerprint density at radius 2 is 2.14 bits per heavy atom. The van der Waals surface area contributed by atoms with E-state index in [0.29, 0.717) is 0 Å². The zero-order chi connectivity index (χ0) is 10.6. The molecule has 14 heavy (non-hydrogen) atoms. The van der Waals surface area contributed by atoms with E-state index in [4.69, 9.17) is 5.26 Å². The van der Waals surface area contributed by atoms with Gasteiger partial charge in [-0.15, -0.1) is 11.8 Å². The van der Waals surface area contributed by atoms with Crippen molar-refractivity contribution in [3.8, 4) is 6.07 Å². The van der Waals surface area contributed by atoms with Gasteiger partial charge >= 0.3 is 0 Å². The topological polar surface area (TPSA) is 47.3 Å². The molecule has 1 rings (SSSR count). The Morgan fingerprint density at radius 3 is 2.50 bits per heavy atom. The van der Waals surface area contributed by atoms with Gasteiger partial charge in [0.25, 0.3) is 0 Å². The summed E-state index contributed by atoms with van der Waals surface area (Å²) in [5.41, 5.74) is 0. The number of likely N-dealkylation sites (tertiary alicyclic amines) is 1. The van der Waals surface area contributed by atoms with Gasteiger partial charge in [0.15, 0.2) is 0 Å². The highest BCUT2D eigenvalue weighted by atomic mass is 32.2. The minimum Gasteiger partial charge on any atom is -0.392 e. The Balaban J connectivity index is 2.42. The number of aliphatic hydroxyl groups excluding tert-OH is 1. The van der Waals surface area contributed by atoms with Crippen LogP contribution in [0.25, 0.3) is 0 Å². The molecule has 0 aromatic carbocycles. The number of aliphatic hydroxyl groups is 1. The maximum atomic E-state index is 9.24. The SMILES string of the molecule is CSC1(C#N)CCN(CC(C)O)CC1.